The molecule has 0 aliphatic carbocycles. The summed E-state index contributed by atoms with van der Waals surface area (Å²) in [5.41, 5.74) is 2.01. The van der Waals surface area contributed by atoms with E-state index in [1.54, 1.807) is 26.4 Å². The zero-order valence-electron chi connectivity index (χ0n) is 21.2. The van der Waals surface area contributed by atoms with Crippen molar-refractivity contribution in [3.63, 3.8) is 0 Å². The molecule has 2 aromatic carbocycles. The zero-order chi connectivity index (χ0) is 25.7. The Bertz CT molecular complexity index is 1160. The number of tetrazole rings is 1. The first-order chi connectivity index (χ1) is 17.4. The molecule has 0 radical (unpaired) electrons. The lowest BCUT2D eigenvalue weighted by Crippen LogP contribution is -2.48. The molecule has 2 heterocycles. The van der Waals surface area contributed by atoms with Gasteiger partial charge in [-0.25, -0.2) is 4.68 Å². The number of nitro groups is 1. The number of aryl methyl sites for hydroxylation is 1. The number of para-hydroxylation sites is 1. The molecule has 4 rings (SSSR count). The highest BCUT2D eigenvalue weighted by molar-refractivity contribution is 5.52. The summed E-state index contributed by atoms with van der Waals surface area (Å²) >= 11 is 0. The van der Waals surface area contributed by atoms with Gasteiger partial charge in [-0.3, -0.25) is 15.0 Å². The summed E-state index contributed by atoms with van der Waals surface area (Å²) in [6.45, 7) is 8.11. The Morgan fingerprint density at radius 3 is 2.36 bits per heavy atom. The van der Waals surface area contributed by atoms with E-state index in [2.05, 4.69) is 39.2 Å². The number of piperazine rings is 1. The van der Waals surface area contributed by atoms with Crippen molar-refractivity contribution in [2.24, 2.45) is 5.92 Å². The SMILES string of the molecule is COc1cccc([C@@H](c2nnnn2CCC(C)C)N2CCN(c3ccc([N+](=O)[O-])cc3)CC2)c1OC. The van der Waals surface area contributed by atoms with E-state index in [4.69, 9.17) is 9.47 Å². The molecule has 0 saturated carbocycles. The van der Waals surface area contributed by atoms with Gasteiger partial charge in [0.2, 0.25) is 0 Å². The molecule has 1 aliphatic heterocycles. The number of hydrogen-bond acceptors (Lipinski definition) is 9. The second-order valence-electron chi connectivity index (χ2n) is 9.22. The van der Waals surface area contributed by atoms with Gasteiger partial charge in [-0.15, -0.1) is 5.10 Å². The second kappa shape index (κ2) is 11.3. The van der Waals surface area contributed by atoms with E-state index < -0.39 is 0 Å². The summed E-state index contributed by atoms with van der Waals surface area (Å²) in [5.74, 6) is 2.62. The number of hydrogen-bond donors (Lipinski definition) is 0. The molecule has 11 nitrogen and oxygen atoms in total. The molecule has 1 aliphatic rings. The van der Waals surface area contributed by atoms with Crippen LogP contribution >= 0.6 is 0 Å². The lowest BCUT2D eigenvalue weighted by molar-refractivity contribution is -0.384. The fourth-order valence-electron chi connectivity index (χ4n) is 4.60. The molecular formula is C25H33N7O4. The van der Waals surface area contributed by atoms with E-state index >= 15 is 0 Å². The number of rotatable bonds is 10. The molecule has 1 saturated heterocycles. The van der Waals surface area contributed by atoms with Crippen LogP contribution in [0.25, 0.3) is 0 Å². The Hall–Kier alpha value is -3.73. The van der Waals surface area contributed by atoms with Crippen LogP contribution in [0.1, 0.15) is 37.7 Å². The van der Waals surface area contributed by atoms with Gasteiger partial charge in [0.1, 0.15) is 6.04 Å². The Morgan fingerprint density at radius 1 is 1.03 bits per heavy atom. The summed E-state index contributed by atoms with van der Waals surface area (Å²) in [6.07, 6.45) is 0.966. The maximum atomic E-state index is 11.0. The first-order valence-corrected chi connectivity index (χ1v) is 12.1. The summed E-state index contributed by atoms with van der Waals surface area (Å²) in [5, 5.41) is 23.8. The minimum Gasteiger partial charge on any atom is -0.493 e. The molecule has 11 heteroatoms. The standard InChI is InChI=1S/C25H33N7O4/c1-18(2)12-13-31-25(26-27-28-31)23(21-6-5-7-22(35-3)24(21)36-4)30-16-14-29(15-17-30)19-8-10-20(11-9-19)32(33)34/h5-11,18,23H,12-17H2,1-4H3/t23-/m0/s1. The van der Waals surface area contributed by atoms with Crippen molar-refractivity contribution in [1.82, 2.24) is 25.1 Å². The number of nitrogens with zero attached hydrogens (tertiary/aromatic N) is 7. The maximum absolute atomic E-state index is 11.0. The molecule has 0 bridgehead atoms. The number of nitro benzene ring substituents is 1. The highest BCUT2D eigenvalue weighted by atomic mass is 16.6. The van der Waals surface area contributed by atoms with Crippen molar-refractivity contribution in [2.75, 3.05) is 45.3 Å². The summed E-state index contributed by atoms with van der Waals surface area (Å²) < 4.78 is 13.3. The quantitative estimate of drug-likeness (QED) is 0.308. The molecule has 192 valence electrons. The van der Waals surface area contributed by atoms with Crippen molar-refractivity contribution in [2.45, 2.75) is 32.9 Å². The minimum absolute atomic E-state index is 0.0933. The van der Waals surface area contributed by atoms with Gasteiger partial charge in [0, 0.05) is 56.1 Å². The molecule has 1 aromatic heterocycles. The molecule has 0 spiro atoms. The average Bonchev–Trinajstić information content (AvgIpc) is 3.36. The Morgan fingerprint density at radius 2 is 1.75 bits per heavy atom. The van der Waals surface area contributed by atoms with Crippen LogP contribution in [-0.2, 0) is 6.54 Å². The average molecular weight is 496 g/mol. The highest BCUT2D eigenvalue weighted by Crippen LogP contribution is 2.40. The number of methoxy groups -OCH3 is 2. The Balaban J connectivity index is 1.63. The lowest BCUT2D eigenvalue weighted by Gasteiger charge is -2.40. The monoisotopic (exact) mass is 495 g/mol. The zero-order valence-corrected chi connectivity index (χ0v) is 21.2. The van der Waals surface area contributed by atoms with Crippen molar-refractivity contribution in [1.29, 1.82) is 0 Å². The predicted octanol–water partition coefficient (Wildman–Crippen LogP) is 3.56. The molecule has 0 unspecified atom stereocenters. The largest absolute Gasteiger partial charge is 0.493 e. The van der Waals surface area contributed by atoms with Gasteiger partial charge in [-0.05, 0) is 41.0 Å². The fraction of sp³-hybridized carbons (Fsp3) is 0.480. The van der Waals surface area contributed by atoms with Crippen LogP contribution in [0.15, 0.2) is 42.5 Å². The van der Waals surface area contributed by atoms with E-state index in [1.807, 2.05) is 35.0 Å². The number of aromatic nitrogens is 4. The Labute approximate surface area is 210 Å². The third-order valence-corrected chi connectivity index (χ3v) is 6.56. The van der Waals surface area contributed by atoms with Crippen LogP contribution in [0.5, 0.6) is 11.5 Å². The molecule has 3 aromatic rings. The molecule has 1 atom stereocenters. The molecule has 1 fully saturated rings. The van der Waals surface area contributed by atoms with Crippen LogP contribution < -0.4 is 14.4 Å². The van der Waals surface area contributed by atoms with Crippen molar-refractivity contribution in [3.05, 3.63) is 64.0 Å². The van der Waals surface area contributed by atoms with Gasteiger partial charge in [0.05, 0.1) is 19.1 Å². The lowest BCUT2D eigenvalue weighted by atomic mass is 10.0. The number of anilines is 1. The van der Waals surface area contributed by atoms with Crippen molar-refractivity contribution >= 4 is 11.4 Å². The van der Waals surface area contributed by atoms with Gasteiger partial charge < -0.3 is 14.4 Å². The van der Waals surface area contributed by atoms with Gasteiger partial charge in [-0.1, -0.05) is 26.0 Å². The maximum Gasteiger partial charge on any atom is 0.269 e. The third-order valence-electron chi connectivity index (χ3n) is 6.56. The predicted molar refractivity (Wildman–Crippen MR) is 136 cm³/mol. The summed E-state index contributed by atoms with van der Waals surface area (Å²) in [6, 6.07) is 12.4. The number of non-ortho nitro benzene ring substituents is 1. The first-order valence-electron chi connectivity index (χ1n) is 12.1. The summed E-state index contributed by atoms with van der Waals surface area (Å²) in [4.78, 5) is 15.2. The van der Waals surface area contributed by atoms with Crippen LogP contribution in [0, 0.1) is 16.0 Å². The minimum atomic E-state index is -0.378. The van der Waals surface area contributed by atoms with Gasteiger partial charge in [-0.2, -0.15) is 0 Å². The molecule has 36 heavy (non-hydrogen) atoms. The molecule has 0 amide bonds. The fourth-order valence-corrected chi connectivity index (χ4v) is 4.60. The normalized spacial score (nSPS) is 15.2. The second-order valence-corrected chi connectivity index (χ2v) is 9.22. The number of ether oxygens (including phenoxy) is 2. The van der Waals surface area contributed by atoms with E-state index in [0.29, 0.717) is 17.4 Å². The van der Waals surface area contributed by atoms with Crippen LogP contribution in [0.3, 0.4) is 0 Å². The van der Waals surface area contributed by atoms with Crippen molar-refractivity contribution in [3.8, 4) is 11.5 Å². The van der Waals surface area contributed by atoms with Crippen LogP contribution in [0.4, 0.5) is 11.4 Å². The topological polar surface area (TPSA) is 112 Å². The highest BCUT2D eigenvalue weighted by Gasteiger charge is 2.33. The number of benzene rings is 2. The molecule has 0 N–H and O–H groups in total. The van der Waals surface area contributed by atoms with E-state index in [0.717, 1.165) is 56.2 Å². The summed E-state index contributed by atoms with van der Waals surface area (Å²) in [7, 11) is 3.28. The van der Waals surface area contributed by atoms with E-state index in [9.17, 15) is 10.1 Å². The van der Waals surface area contributed by atoms with Crippen LogP contribution in [0.2, 0.25) is 0 Å². The smallest absolute Gasteiger partial charge is 0.269 e. The van der Waals surface area contributed by atoms with E-state index in [1.165, 1.54) is 0 Å². The third kappa shape index (κ3) is 5.40. The van der Waals surface area contributed by atoms with Gasteiger partial charge in [0.25, 0.3) is 5.69 Å². The van der Waals surface area contributed by atoms with Gasteiger partial charge in [0.15, 0.2) is 17.3 Å². The first kappa shape index (κ1) is 25.4. The van der Waals surface area contributed by atoms with Gasteiger partial charge >= 0.3 is 0 Å². The van der Waals surface area contributed by atoms with E-state index in [-0.39, 0.29) is 16.7 Å². The van der Waals surface area contributed by atoms with Crippen molar-refractivity contribution < 1.29 is 14.4 Å². The molecular weight excluding hydrogens is 462 g/mol. The Kier molecular flexibility index (Phi) is 7.99. The van der Waals surface area contributed by atoms with Crippen LogP contribution in [-0.4, -0.2) is 70.4 Å².